The largest absolute Gasteiger partial charge is 0.481 e. The number of methoxy groups -OCH3 is 1. The first-order chi connectivity index (χ1) is 9.11. The molecule has 0 bridgehead atoms. The maximum atomic E-state index is 11.5. The van der Waals surface area contributed by atoms with Gasteiger partial charge in [0.15, 0.2) is 0 Å². The van der Waals surface area contributed by atoms with E-state index >= 15 is 0 Å². The molecular formula is C14H20N2O3. The van der Waals surface area contributed by atoms with Gasteiger partial charge in [0.1, 0.15) is 0 Å². The highest BCUT2D eigenvalue weighted by Gasteiger charge is 2.44. The van der Waals surface area contributed by atoms with Crippen LogP contribution in [0.15, 0.2) is 18.3 Å². The molecule has 0 saturated carbocycles. The van der Waals surface area contributed by atoms with Gasteiger partial charge < -0.3 is 14.7 Å². The lowest BCUT2D eigenvalue weighted by Gasteiger charge is -2.25. The summed E-state index contributed by atoms with van der Waals surface area (Å²) in [6.07, 6.45) is 4.00. The Hall–Kier alpha value is -1.78. The van der Waals surface area contributed by atoms with Crippen molar-refractivity contribution in [2.24, 2.45) is 5.41 Å². The predicted octanol–water partition coefficient (Wildman–Crippen LogP) is 2.17. The molecule has 2 heterocycles. The van der Waals surface area contributed by atoms with Crippen LogP contribution in [0.1, 0.15) is 26.2 Å². The van der Waals surface area contributed by atoms with Gasteiger partial charge in [0, 0.05) is 31.0 Å². The summed E-state index contributed by atoms with van der Waals surface area (Å²) in [4.78, 5) is 17.7. The van der Waals surface area contributed by atoms with E-state index in [-0.39, 0.29) is 0 Å². The van der Waals surface area contributed by atoms with Crippen LogP contribution in [0.5, 0.6) is 5.88 Å². The number of hydrogen-bond acceptors (Lipinski definition) is 4. The number of carboxylic acid groups (broad SMARTS) is 1. The van der Waals surface area contributed by atoms with Crippen molar-refractivity contribution < 1.29 is 14.6 Å². The first kappa shape index (κ1) is 13.6. The van der Waals surface area contributed by atoms with Gasteiger partial charge in [0.05, 0.1) is 12.5 Å². The number of rotatable bonds is 5. The number of carboxylic acids is 1. The Labute approximate surface area is 113 Å². The van der Waals surface area contributed by atoms with Crippen molar-refractivity contribution in [2.45, 2.75) is 26.2 Å². The average molecular weight is 264 g/mol. The third-order valence-electron chi connectivity index (χ3n) is 3.83. The zero-order valence-corrected chi connectivity index (χ0v) is 11.4. The lowest BCUT2D eigenvalue weighted by atomic mass is 9.83. The summed E-state index contributed by atoms with van der Waals surface area (Å²) in [5, 5.41) is 9.50. The second kappa shape index (κ2) is 5.47. The highest BCUT2D eigenvalue weighted by atomic mass is 16.5. The molecule has 1 N–H and O–H groups in total. The molecule has 1 aliphatic rings. The molecule has 104 valence electrons. The molecule has 5 heteroatoms. The van der Waals surface area contributed by atoms with Crippen molar-refractivity contribution in [1.82, 2.24) is 4.98 Å². The Balaban J connectivity index is 2.18. The summed E-state index contributed by atoms with van der Waals surface area (Å²) in [6.45, 7) is 3.35. The van der Waals surface area contributed by atoms with E-state index in [0.717, 1.165) is 25.1 Å². The standard InChI is InChI=1S/C14H20N2O3/c1-3-5-14(13(17)18)6-8-16(10-14)11-4-7-15-12(9-11)19-2/h4,7,9H,3,5-6,8,10H2,1-2H3,(H,17,18). The molecule has 1 aromatic heterocycles. The molecule has 1 fully saturated rings. The molecule has 19 heavy (non-hydrogen) atoms. The fourth-order valence-corrected chi connectivity index (χ4v) is 2.76. The minimum atomic E-state index is -0.683. The smallest absolute Gasteiger partial charge is 0.311 e. The van der Waals surface area contributed by atoms with E-state index in [0.29, 0.717) is 18.8 Å². The molecule has 0 aromatic carbocycles. The van der Waals surface area contributed by atoms with Gasteiger partial charge in [-0.05, 0) is 18.9 Å². The van der Waals surface area contributed by atoms with Crippen molar-refractivity contribution in [3.63, 3.8) is 0 Å². The molecular weight excluding hydrogens is 244 g/mol. The van der Waals surface area contributed by atoms with E-state index < -0.39 is 11.4 Å². The lowest BCUT2D eigenvalue weighted by molar-refractivity contribution is -0.148. The third kappa shape index (κ3) is 2.64. The summed E-state index contributed by atoms with van der Waals surface area (Å²) in [7, 11) is 1.58. The normalized spacial score (nSPS) is 22.5. The van der Waals surface area contributed by atoms with Gasteiger partial charge >= 0.3 is 5.97 Å². The predicted molar refractivity (Wildman–Crippen MR) is 72.6 cm³/mol. The number of ether oxygens (including phenoxy) is 1. The van der Waals surface area contributed by atoms with Crippen LogP contribution in [-0.2, 0) is 4.79 Å². The van der Waals surface area contributed by atoms with Crippen LogP contribution in [0.2, 0.25) is 0 Å². The Kier molecular flexibility index (Phi) is 3.93. The zero-order chi connectivity index (χ0) is 13.9. The molecule has 0 spiro atoms. The molecule has 1 aliphatic heterocycles. The molecule has 0 amide bonds. The number of aromatic nitrogens is 1. The maximum Gasteiger partial charge on any atom is 0.311 e. The number of nitrogens with zero attached hydrogens (tertiary/aromatic N) is 2. The minimum Gasteiger partial charge on any atom is -0.481 e. The summed E-state index contributed by atoms with van der Waals surface area (Å²) >= 11 is 0. The van der Waals surface area contributed by atoms with E-state index in [1.54, 1.807) is 13.3 Å². The van der Waals surface area contributed by atoms with Crippen LogP contribution in [-0.4, -0.2) is 36.3 Å². The second-order valence-corrected chi connectivity index (χ2v) is 5.06. The Bertz CT molecular complexity index is 464. The maximum absolute atomic E-state index is 11.5. The van der Waals surface area contributed by atoms with Crippen LogP contribution in [0.3, 0.4) is 0 Å². The monoisotopic (exact) mass is 264 g/mol. The van der Waals surface area contributed by atoms with Crippen molar-refractivity contribution in [3.05, 3.63) is 18.3 Å². The van der Waals surface area contributed by atoms with Gasteiger partial charge in [-0.25, -0.2) is 4.98 Å². The highest BCUT2D eigenvalue weighted by Crippen LogP contribution is 2.38. The number of anilines is 1. The van der Waals surface area contributed by atoms with E-state index in [4.69, 9.17) is 4.74 Å². The van der Waals surface area contributed by atoms with Crippen molar-refractivity contribution in [3.8, 4) is 5.88 Å². The van der Waals surface area contributed by atoms with Crippen LogP contribution in [0.25, 0.3) is 0 Å². The fourth-order valence-electron chi connectivity index (χ4n) is 2.76. The van der Waals surface area contributed by atoms with Crippen LogP contribution < -0.4 is 9.64 Å². The first-order valence-corrected chi connectivity index (χ1v) is 6.60. The fraction of sp³-hybridized carbons (Fsp3) is 0.571. The van der Waals surface area contributed by atoms with Crippen LogP contribution in [0.4, 0.5) is 5.69 Å². The minimum absolute atomic E-state index is 0.556. The van der Waals surface area contributed by atoms with Crippen LogP contribution in [0, 0.1) is 5.41 Å². The van der Waals surface area contributed by atoms with Crippen LogP contribution >= 0.6 is 0 Å². The van der Waals surface area contributed by atoms with E-state index in [1.807, 2.05) is 19.1 Å². The Morgan fingerprint density at radius 1 is 1.63 bits per heavy atom. The number of hydrogen-bond donors (Lipinski definition) is 1. The second-order valence-electron chi connectivity index (χ2n) is 5.06. The molecule has 0 aliphatic carbocycles. The number of carbonyl (C=O) groups is 1. The molecule has 2 rings (SSSR count). The van der Waals surface area contributed by atoms with Crippen molar-refractivity contribution in [1.29, 1.82) is 0 Å². The topological polar surface area (TPSA) is 62.7 Å². The number of aliphatic carboxylic acids is 1. The molecule has 1 atom stereocenters. The Morgan fingerprint density at radius 3 is 3.05 bits per heavy atom. The summed E-state index contributed by atoms with van der Waals surface area (Å²) in [6, 6.07) is 3.75. The Morgan fingerprint density at radius 2 is 2.42 bits per heavy atom. The van der Waals surface area contributed by atoms with E-state index in [9.17, 15) is 9.90 Å². The SMILES string of the molecule is CCCC1(C(=O)O)CCN(c2ccnc(OC)c2)C1. The molecule has 5 nitrogen and oxygen atoms in total. The van der Waals surface area contributed by atoms with Gasteiger partial charge in [-0.3, -0.25) is 4.79 Å². The lowest BCUT2D eigenvalue weighted by Crippen LogP contribution is -2.34. The van der Waals surface area contributed by atoms with E-state index in [1.165, 1.54) is 0 Å². The zero-order valence-electron chi connectivity index (χ0n) is 11.4. The summed E-state index contributed by atoms with van der Waals surface area (Å²) in [5.74, 6) is -0.126. The van der Waals surface area contributed by atoms with E-state index in [2.05, 4.69) is 9.88 Å². The van der Waals surface area contributed by atoms with Gasteiger partial charge in [-0.1, -0.05) is 13.3 Å². The molecule has 1 saturated heterocycles. The average Bonchev–Trinajstić information content (AvgIpc) is 2.85. The molecule has 1 unspecified atom stereocenters. The van der Waals surface area contributed by atoms with Gasteiger partial charge in [-0.2, -0.15) is 0 Å². The summed E-state index contributed by atoms with van der Waals surface area (Å²) in [5.41, 5.74) is 0.372. The first-order valence-electron chi connectivity index (χ1n) is 6.60. The van der Waals surface area contributed by atoms with Gasteiger partial charge in [-0.15, -0.1) is 0 Å². The van der Waals surface area contributed by atoms with Gasteiger partial charge in [0.2, 0.25) is 5.88 Å². The molecule has 1 aromatic rings. The third-order valence-corrected chi connectivity index (χ3v) is 3.83. The molecule has 0 radical (unpaired) electrons. The highest BCUT2D eigenvalue weighted by molar-refractivity contribution is 5.76. The van der Waals surface area contributed by atoms with Crippen molar-refractivity contribution in [2.75, 3.05) is 25.1 Å². The quantitative estimate of drug-likeness (QED) is 0.883. The summed E-state index contributed by atoms with van der Waals surface area (Å²) < 4.78 is 5.11. The number of pyridine rings is 1. The van der Waals surface area contributed by atoms with Gasteiger partial charge in [0.25, 0.3) is 0 Å². The van der Waals surface area contributed by atoms with Crippen molar-refractivity contribution >= 4 is 11.7 Å².